The topological polar surface area (TPSA) is 103 Å². The molecule has 1 aromatic carbocycles. The predicted octanol–water partition coefficient (Wildman–Crippen LogP) is 1.85. The normalized spacial score (nSPS) is 10.6. The van der Waals surface area contributed by atoms with E-state index in [1.54, 1.807) is 42.3 Å². The number of ether oxygens (including phenoxy) is 2. The number of carbonyl (C=O) groups is 1. The summed E-state index contributed by atoms with van der Waals surface area (Å²) in [4.78, 5) is 20.5. The van der Waals surface area contributed by atoms with E-state index in [1.807, 2.05) is 0 Å². The first-order valence-corrected chi connectivity index (χ1v) is 9.15. The highest BCUT2D eigenvalue weighted by Gasteiger charge is 2.10. The van der Waals surface area contributed by atoms with E-state index in [-0.39, 0.29) is 12.5 Å². The molecular weight excluding hydrogens is 360 g/mol. The van der Waals surface area contributed by atoms with E-state index in [9.17, 15) is 4.79 Å². The second-order valence-corrected chi connectivity index (χ2v) is 6.07. The lowest BCUT2D eigenvalue weighted by Crippen LogP contribution is -2.31. The standard InChI is InChI=1S/C19H24N6O3/c1-3-8-21-18-16-11-24-25(19(16)23-13-22-18)10-9-20-17(26)12-28-15-6-4-14(27-2)5-7-15/h4-7,11,13H,3,8-10,12H2,1-2H3,(H,20,26)(H,21,22,23). The number of nitrogens with zero attached hydrogens (tertiary/aromatic N) is 4. The number of amides is 1. The van der Waals surface area contributed by atoms with Gasteiger partial charge in [0.15, 0.2) is 12.3 Å². The number of nitrogens with one attached hydrogen (secondary N) is 2. The number of fused-ring (bicyclic) bond motifs is 1. The minimum absolute atomic E-state index is 0.0561. The molecule has 3 aromatic rings. The first-order valence-electron chi connectivity index (χ1n) is 9.15. The summed E-state index contributed by atoms with van der Waals surface area (Å²) in [5.41, 5.74) is 0.734. The van der Waals surface area contributed by atoms with Gasteiger partial charge in [-0.3, -0.25) is 4.79 Å². The molecule has 2 N–H and O–H groups in total. The molecule has 2 heterocycles. The first-order chi connectivity index (χ1) is 13.7. The number of carbonyl (C=O) groups excluding carboxylic acids is 1. The Morgan fingerprint density at radius 3 is 2.68 bits per heavy atom. The Hall–Kier alpha value is -3.36. The Morgan fingerprint density at radius 1 is 1.14 bits per heavy atom. The van der Waals surface area contributed by atoms with Gasteiger partial charge >= 0.3 is 0 Å². The maximum Gasteiger partial charge on any atom is 0.258 e. The van der Waals surface area contributed by atoms with Crippen LogP contribution >= 0.6 is 0 Å². The summed E-state index contributed by atoms with van der Waals surface area (Å²) >= 11 is 0. The highest BCUT2D eigenvalue weighted by Crippen LogP contribution is 2.18. The summed E-state index contributed by atoms with van der Waals surface area (Å²) in [7, 11) is 1.60. The van der Waals surface area contributed by atoms with Gasteiger partial charge in [0.2, 0.25) is 0 Å². The van der Waals surface area contributed by atoms with Crippen molar-refractivity contribution in [3.8, 4) is 11.5 Å². The van der Waals surface area contributed by atoms with Crippen LogP contribution in [0.5, 0.6) is 11.5 Å². The van der Waals surface area contributed by atoms with Crippen LogP contribution < -0.4 is 20.1 Å². The van der Waals surface area contributed by atoms with Gasteiger partial charge in [-0.05, 0) is 30.7 Å². The number of benzene rings is 1. The molecule has 3 rings (SSSR count). The van der Waals surface area contributed by atoms with Gasteiger partial charge in [0, 0.05) is 13.1 Å². The highest BCUT2D eigenvalue weighted by molar-refractivity contribution is 5.86. The van der Waals surface area contributed by atoms with E-state index >= 15 is 0 Å². The van der Waals surface area contributed by atoms with Crippen molar-refractivity contribution in [3.05, 3.63) is 36.8 Å². The summed E-state index contributed by atoms with van der Waals surface area (Å²) in [5.74, 6) is 1.92. The van der Waals surface area contributed by atoms with E-state index in [0.717, 1.165) is 35.6 Å². The molecule has 1 amide bonds. The van der Waals surface area contributed by atoms with E-state index < -0.39 is 0 Å². The molecule has 9 heteroatoms. The van der Waals surface area contributed by atoms with Crippen molar-refractivity contribution in [3.63, 3.8) is 0 Å². The molecule has 0 atom stereocenters. The Bertz CT molecular complexity index is 910. The average molecular weight is 384 g/mol. The maximum absolute atomic E-state index is 12.0. The third-order valence-corrected chi connectivity index (χ3v) is 4.05. The number of anilines is 1. The van der Waals surface area contributed by atoms with Crippen LogP contribution in [0.15, 0.2) is 36.8 Å². The molecule has 28 heavy (non-hydrogen) atoms. The third-order valence-electron chi connectivity index (χ3n) is 4.05. The summed E-state index contributed by atoms with van der Waals surface area (Å²) in [5, 5.41) is 11.3. The van der Waals surface area contributed by atoms with Crippen molar-refractivity contribution in [2.75, 3.05) is 32.1 Å². The van der Waals surface area contributed by atoms with Gasteiger partial charge in [0.25, 0.3) is 5.91 Å². The Morgan fingerprint density at radius 2 is 1.93 bits per heavy atom. The molecule has 0 aliphatic heterocycles. The minimum atomic E-state index is -0.202. The average Bonchev–Trinajstić information content (AvgIpc) is 3.15. The second-order valence-electron chi connectivity index (χ2n) is 6.07. The van der Waals surface area contributed by atoms with Gasteiger partial charge in [-0.2, -0.15) is 5.10 Å². The fourth-order valence-electron chi connectivity index (χ4n) is 2.61. The molecule has 0 aliphatic carbocycles. The zero-order chi connectivity index (χ0) is 19.8. The van der Waals surface area contributed by atoms with Crippen molar-refractivity contribution in [2.24, 2.45) is 0 Å². The van der Waals surface area contributed by atoms with Crippen LogP contribution in [-0.2, 0) is 11.3 Å². The molecule has 0 saturated carbocycles. The lowest BCUT2D eigenvalue weighted by molar-refractivity contribution is -0.123. The molecule has 0 fully saturated rings. The fraction of sp³-hybridized carbons (Fsp3) is 0.368. The Balaban J connectivity index is 1.48. The van der Waals surface area contributed by atoms with E-state index in [2.05, 4.69) is 32.6 Å². The van der Waals surface area contributed by atoms with Crippen molar-refractivity contribution >= 4 is 22.8 Å². The summed E-state index contributed by atoms with van der Waals surface area (Å²) in [6.07, 6.45) is 4.26. The predicted molar refractivity (Wildman–Crippen MR) is 106 cm³/mol. The molecular formula is C19H24N6O3. The lowest BCUT2D eigenvalue weighted by atomic mass is 10.3. The molecule has 0 aliphatic rings. The SMILES string of the molecule is CCCNc1ncnc2c1cnn2CCNC(=O)COc1ccc(OC)cc1. The fourth-order valence-corrected chi connectivity index (χ4v) is 2.61. The van der Waals surface area contributed by atoms with Crippen LogP contribution in [0.4, 0.5) is 5.82 Å². The smallest absolute Gasteiger partial charge is 0.258 e. The summed E-state index contributed by atoms with van der Waals surface area (Å²) in [6, 6.07) is 7.07. The van der Waals surface area contributed by atoms with Crippen LogP contribution in [0.25, 0.3) is 11.0 Å². The van der Waals surface area contributed by atoms with E-state index in [4.69, 9.17) is 9.47 Å². The van der Waals surface area contributed by atoms with Gasteiger partial charge < -0.3 is 20.1 Å². The Kier molecular flexibility index (Phi) is 6.61. The van der Waals surface area contributed by atoms with Gasteiger partial charge in [0.1, 0.15) is 23.6 Å². The van der Waals surface area contributed by atoms with Crippen LogP contribution in [0, 0.1) is 0 Å². The molecule has 0 bridgehead atoms. The monoisotopic (exact) mass is 384 g/mol. The van der Waals surface area contributed by atoms with Crippen molar-refractivity contribution in [1.29, 1.82) is 0 Å². The van der Waals surface area contributed by atoms with Gasteiger partial charge in [0.05, 0.1) is 25.2 Å². The first kappa shape index (κ1) is 19.4. The number of hydrogen-bond acceptors (Lipinski definition) is 7. The molecule has 0 unspecified atom stereocenters. The third kappa shape index (κ3) is 4.87. The van der Waals surface area contributed by atoms with Crippen LogP contribution in [0.1, 0.15) is 13.3 Å². The lowest BCUT2D eigenvalue weighted by Gasteiger charge is -2.09. The molecule has 2 aromatic heterocycles. The zero-order valence-electron chi connectivity index (χ0n) is 16.0. The Labute approximate surface area is 163 Å². The number of rotatable bonds is 10. The van der Waals surface area contributed by atoms with E-state index in [0.29, 0.717) is 18.8 Å². The molecule has 0 saturated heterocycles. The summed E-state index contributed by atoms with van der Waals surface area (Å²) < 4.78 is 12.3. The van der Waals surface area contributed by atoms with Gasteiger partial charge in [-0.1, -0.05) is 6.92 Å². The van der Waals surface area contributed by atoms with Crippen LogP contribution in [0.2, 0.25) is 0 Å². The van der Waals surface area contributed by atoms with Crippen molar-refractivity contribution in [1.82, 2.24) is 25.1 Å². The largest absolute Gasteiger partial charge is 0.497 e. The number of aromatic nitrogens is 4. The highest BCUT2D eigenvalue weighted by atomic mass is 16.5. The van der Waals surface area contributed by atoms with Crippen molar-refractivity contribution < 1.29 is 14.3 Å². The quantitative estimate of drug-likeness (QED) is 0.550. The van der Waals surface area contributed by atoms with Gasteiger partial charge in [-0.25, -0.2) is 14.6 Å². The molecule has 9 nitrogen and oxygen atoms in total. The second kappa shape index (κ2) is 9.54. The van der Waals surface area contributed by atoms with Crippen LogP contribution in [-0.4, -0.2) is 52.5 Å². The molecule has 0 radical (unpaired) electrons. The van der Waals surface area contributed by atoms with E-state index in [1.165, 1.54) is 6.33 Å². The van der Waals surface area contributed by atoms with Crippen molar-refractivity contribution in [2.45, 2.75) is 19.9 Å². The molecule has 148 valence electrons. The zero-order valence-corrected chi connectivity index (χ0v) is 16.0. The number of methoxy groups -OCH3 is 1. The van der Waals surface area contributed by atoms with Crippen LogP contribution in [0.3, 0.4) is 0 Å². The summed E-state index contributed by atoms with van der Waals surface area (Å²) in [6.45, 7) is 3.79. The number of hydrogen-bond donors (Lipinski definition) is 2. The molecule has 0 spiro atoms. The minimum Gasteiger partial charge on any atom is -0.497 e. The van der Waals surface area contributed by atoms with Gasteiger partial charge in [-0.15, -0.1) is 0 Å². The maximum atomic E-state index is 12.0.